The summed E-state index contributed by atoms with van der Waals surface area (Å²) in [4.78, 5) is 22.5. The minimum absolute atomic E-state index is 0.141. The minimum Gasteiger partial charge on any atom is -0.356 e. The fourth-order valence-corrected chi connectivity index (χ4v) is 3.07. The molecular formula is C18H26N4O. The lowest BCUT2D eigenvalue weighted by atomic mass is 9.96. The molecule has 1 saturated heterocycles. The molecule has 5 heteroatoms. The molecule has 1 aromatic carbocycles. The molecule has 0 radical (unpaired) electrons. The van der Waals surface area contributed by atoms with Crippen LogP contribution in [0.5, 0.6) is 0 Å². The van der Waals surface area contributed by atoms with Crippen molar-refractivity contribution < 1.29 is 4.79 Å². The fraction of sp³-hybridized carbons (Fsp3) is 0.556. The van der Waals surface area contributed by atoms with E-state index in [1.54, 1.807) is 0 Å². The van der Waals surface area contributed by atoms with Crippen LogP contribution < -0.4 is 10.2 Å². The maximum Gasteiger partial charge on any atom is 0.223 e. The van der Waals surface area contributed by atoms with Crippen molar-refractivity contribution in [3.8, 4) is 0 Å². The van der Waals surface area contributed by atoms with Gasteiger partial charge in [0, 0.05) is 25.6 Å². The number of piperidine rings is 1. The molecule has 1 aromatic heterocycles. The first-order valence-electron chi connectivity index (χ1n) is 8.61. The van der Waals surface area contributed by atoms with E-state index in [0.717, 1.165) is 55.9 Å². The van der Waals surface area contributed by atoms with Gasteiger partial charge in [-0.2, -0.15) is 0 Å². The summed E-state index contributed by atoms with van der Waals surface area (Å²) in [6, 6.07) is 8.07. The topological polar surface area (TPSA) is 61.0 Å². The molecule has 0 unspecified atom stereocenters. The van der Waals surface area contributed by atoms with Gasteiger partial charge in [0.25, 0.3) is 0 Å². The number of hydrogen-bond acceptors (Lipinski definition) is 3. The average molecular weight is 314 g/mol. The zero-order chi connectivity index (χ0) is 16.2. The molecule has 1 aliphatic rings. The van der Waals surface area contributed by atoms with Crippen molar-refractivity contribution in [2.45, 2.75) is 33.1 Å². The lowest BCUT2D eigenvalue weighted by molar-refractivity contribution is -0.125. The second-order valence-electron chi connectivity index (χ2n) is 6.81. The summed E-state index contributed by atoms with van der Waals surface area (Å²) in [6.45, 7) is 6.90. The fourth-order valence-electron chi connectivity index (χ4n) is 3.07. The number of anilines is 1. The number of hydrogen-bond donors (Lipinski definition) is 2. The Morgan fingerprint density at radius 2 is 2.09 bits per heavy atom. The maximum absolute atomic E-state index is 12.2. The number of carbonyl (C=O) groups is 1. The zero-order valence-electron chi connectivity index (χ0n) is 14.0. The van der Waals surface area contributed by atoms with E-state index in [2.05, 4.69) is 34.0 Å². The van der Waals surface area contributed by atoms with Crippen molar-refractivity contribution in [1.82, 2.24) is 15.3 Å². The van der Waals surface area contributed by atoms with Gasteiger partial charge in [-0.1, -0.05) is 26.0 Å². The molecule has 2 N–H and O–H groups in total. The molecule has 3 rings (SSSR count). The molecule has 1 amide bonds. The Morgan fingerprint density at radius 3 is 2.78 bits per heavy atom. The van der Waals surface area contributed by atoms with Crippen molar-refractivity contribution in [2.75, 3.05) is 24.5 Å². The van der Waals surface area contributed by atoms with Gasteiger partial charge in [-0.05, 0) is 37.3 Å². The molecule has 5 nitrogen and oxygen atoms in total. The summed E-state index contributed by atoms with van der Waals surface area (Å²) >= 11 is 0. The molecule has 23 heavy (non-hydrogen) atoms. The number of nitrogens with one attached hydrogen (secondary N) is 2. The van der Waals surface area contributed by atoms with Crippen LogP contribution in [0.3, 0.4) is 0 Å². The van der Waals surface area contributed by atoms with Crippen LogP contribution in [0.15, 0.2) is 24.3 Å². The highest BCUT2D eigenvalue weighted by atomic mass is 16.1. The van der Waals surface area contributed by atoms with Crippen LogP contribution in [0.25, 0.3) is 11.0 Å². The Hall–Kier alpha value is -2.04. The number of nitrogens with zero attached hydrogens (tertiary/aromatic N) is 2. The molecule has 1 aliphatic heterocycles. The normalized spacial score (nSPS) is 16.2. The Morgan fingerprint density at radius 1 is 1.35 bits per heavy atom. The molecule has 0 bridgehead atoms. The van der Waals surface area contributed by atoms with Gasteiger partial charge >= 0.3 is 0 Å². The first-order chi connectivity index (χ1) is 11.1. The molecule has 0 aliphatic carbocycles. The summed E-state index contributed by atoms with van der Waals surface area (Å²) in [6.07, 6.45) is 2.83. The summed E-state index contributed by atoms with van der Waals surface area (Å²) < 4.78 is 0. The van der Waals surface area contributed by atoms with Crippen molar-refractivity contribution in [1.29, 1.82) is 0 Å². The van der Waals surface area contributed by atoms with Gasteiger partial charge in [-0.3, -0.25) is 4.79 Å². The third-order valence-electron chi connectivity index (χ3n) is 4.56. The maximum atomic E-state index is 12.2. The van der Waals surface area contributed by atoms with Crippen molar-refractivity contribution in [3.63, 3.8) is 0 Å². The first kappa shape index (κ1) is 15.8. The number of rotatable bonds is 5. The van der Waals surface area contributed by atoms with E-state index in [4.69, 9.17) is 0 Å². The van der Waals surface area contributed by atoms with Gasteiger partial charge in [-0.15, -0.1) is 0 Å². The van der Waals surface area contributed by atoms with E-state index in [1.165, 1.54) is 0 Å². The van der Waals surface area contributed by atoms with Crippen LogP contribution in [0.2, 0.25) is 0 Å². The van der Waals surface area contributed by atoms with Crippen LogP contribution in [0.1, 0.15) is 33.1 Å². The van der Waals surface area contributed by atoms with E-state index in [9.17, 15) is 4.79 Å². The second kappa shape index (κ2) is 7.02. The smallest absolute Gasteiger partial charge is 0.223 e. The monoisotopic (exact) mass is 314 g/mol. The average Bonchev–Trinajstić information content (AvgIpc) is 2.98. The number of amides is 1. The molecule has 1 fully saturated rings. The van der Waals surface area contributed by atoms with Gasteiger partial charge in [-0.25, -0.2) is 4.98 Å². The Labute approximate surface area is 137 Å². The highest BCUT2D eigenvalue weighted by Gasteiger charge is 2.26. The zero-order valence-corrected chi connectivity index (χ0v) is 14.0. The number of aromatic nitrogens is 2. The predicted molar refractivity (Wildman–Crippen MR) is 93.5 cm³/mol. The Balaban J connectivity index is 1.52. The molecule has 2 heterocycles. The third kappa shape index (κ3) is 3.84. The van der Waals surface area contributed by atoms with Gasteiger partial charge in [0.05, 0.1) is 11.0 Å². The lowest BCUT2D eigenvalue weighted by Crippen LogP contribution is -2.41. The summed E-state index contributed by atoms with van der Waals surface area (Å²) in [5.41, 5.74) is 2.06. The number of para-hydroxylation sites is 2. The summed E-state index contributed by atoms with van der Waals surface area (Å²) in [5.74, 6) is 1.91. The van der Waals surface area contributed by atoms with E-state index in [0.29, 0.717) is 5.92 Å². The molecule has 2 aromatic rings. The van der Waals surface area contributed by atoms with Gasteiger partial charge < -0.3 is 15.2 Å². The summed E-state index contributed by atoms with van der Waals surface area (Å²) in [5, 5.41) is 3.08. The Kier molecular flexibility index (Phi) is 4.84. The molecule has 124 valence electrons. The van der Waals surface area contributed by atoms with E-state index in [-0.39, 0.29) is 11.8 Å². The van der Waals surface area contributed by atoms with Crippen molar-refractivity contribution in [3.05, 3.63) is 24.3 Å². The largest absolute Gasteiger partial charge is 0.356 e. The second-order valence-corrected chi connectivity index (χ2v) is 6.81. The van der Waals surface area contributed by atoms with Crippen LogP contribution in [0.4, 0.5) is 5.95 Å². The number of imidazole rings is 1. The molecule has 0 spiro atoms. The number of fused-ring (bicyclic) bond motifs is 1. The standard InChI is InChI=1S/C18H26N4O/c1-13(2)7-10-19-17(23)14-8-11-22(12-9-14)18-20-15-5-3-4-6-16(15)21-18/h3-6,13-14H,7-12H2,1-2H3,(H,19,23)(H,20,21). The number of benzene rings is 1. The SMILES string of the molecule is CC(C)CCNC(=O)C1CCN(c2nc3ccccc3[nH]2)CC1. The van der Waals surface area contributed by atoms with Crippen molar-refractivity contribution in [2.24, 2.45) is 11.8 Å². The van der Waals surface area contributed by atoms with Crippen LogP contribution in [-0.4, -0.2) is 35.5 Å². The lowest BCUT2D eigenvalue weighted by Gasteiger charge is -2.31. The van der Waals surface area contributed by atoms with Gasteiger partial charge in [0.2, 0.25) is 11.9 Å². The Bertz CT molecular complexity index is 623. The summed E-state index contributed by atoms with van der Waals surface area (Å²) in [7, 11) is 0. The first-order valence-corrected chi connectivity index (χ1v) is 8.61. The minimum atomic E-state index is 0.141. The number of H-pyrrole nitrogens is 1. The molecule has 0 saturated carbocycles. The molecular weight excluding hydrogens is 288 g/mol. The van der Waals surface area contributed by atoms with Gasteiger partial charge in [0.1, 0.15) is 0 Å². The van der Waals surface area contributed by atoms with Gasteiger partial charge in [0.15, 0.2) is 0 Å². The predicted octanol–water partition coefficient (Wildman–Crippen LogP) is 2.94. The number of carbonyl (C=O) groups excluding carboxylic acids is 1. The van der Waals surface area contributed by atoms with Crippen LogP contribution in [0, 0.1) is 11.8 Å². The quantitative estimate of drug-likeness (QED) is 0.892. The van der Waals surface area contributed by atoms with Crippen LogP contribution in [-0.2, 0) is 4.79 Å². The third-order valence-corrected chi connectivity index (χ3v) is 4.56. The highest BCUT2D eigenvalue weighted by Crippen LogP contribution is 2.23. The number of aromatic amines is 1. The van der Waals surface area contributed by atoms with E-state index < -0.39 is 0 Å². The van der Waals surface area contributed by atoms with Crippen LogP contribution >= 0.6 is 0 Å². The molecule has 0 atom stereocenters. The highest BCUT2D eigenvalue weighted by molar-refractivity contribution is 5.79. The van der Waals surface area contributed by atoms with E-state index in [1.807, 2.05) is 24.3 Å². The van der Waals surface area contributed by atoms with Crippen molar-refractivity contribution >= 4 is 22.9 Å². The van der Waals surface area contributed by atoms with E-state index >= 15 is 0 Å².